The van der Waals surface area contributed by atoms with Gasteiger partial charge in [0.1, 0.15) is 0 Å². The Bertz CT molecular complexity index is 514. The molecule has 0 aliphatic carbocycles. The Labute approximate surface area is 122 Å². The smallest absolute Gasteiger partial charge is 0.288 e. The fourth-order valence-corrected chi connectivity index (χ4v) is 2.54. The van der Waals surface area contributed by atoms with E-state index in [1.165, 1.54) is 5.56 Å². The lowest BCUT2D eigenvalue weighted by Crippen LogP contribution is -2.09. The van der Waals surface area contributed by atoms with Gasteiger partial charge in [0, 0.05) is 10.6 Å². The molecule has 2 aromatic carbocycles. The molecule has 20 heavy (non-hydrogen) atoms. The molecule has 0 amide bonds. The van der Waals surface area contributed by atoms with E-state index < -0.39 is 5.76 Å². The third-order valence-corrected chi connectivity index (χ3v) is 3.75. The van der Waals surface area contributed by atoms with Crippen molar-refractivity contribution in [1.29, 1.82) is 0 Å². The first kappa shape index (κ1) is 14.9. The maximum absolute atomic E-state index is 12.3. The number of nitrogens with one attached hydrogen (secondary N) is 1. The topological polar surface area (TPSA) is 12.0 Å². The summed E-state index contributed by atoms with van der Waals surface area (Å²) in [4.78, 5) is 0.582. The van der Waals surface area contributed by atoms with Gasteiger partial charge in [-0.2, -0.15) is 8.78 Å². The van der Waals surface area contributed by atoms with Gasteiger partial charge >= 0.3 is 0 Å². The van der Waals surface area contributed by atoms with Gasteiger partial charge in [-0.1, -0.05) is 49.0 Å². The highest BCUT2D eigenvalue weighted by atomic mass is 32.2. The molecule has 0 heterocycles. The minimum Gasteiger partial charge on any atom is -0.378 e. The van der Waals surface area contributed by atoms with Crippen molar-refractivity contribution in [2.24, 2.45) is 0 Å². The normalized spacial score (nSPS) is 12.4. The van der Waals surface area contributed by atoms with Gasteiger partial charge in [-0.3, -0.25) is 0 Å². The molecule has 106 valence electrons. The van der Waals surface area contributed by atoms with Crippen molar-refractivity contribution in [3.05, 3.63) is 60.2 Å². The van der Waals surface area contributed by atoms with Crippen LogP contribution in [-0.4, -0.2) is 5.76 Å². The minimum absolute atomic E-state index is 0.227. The van der Waals surface area contributed by atoms with Gasteiger partial charge in [-0.15, -0.1) is 0 Å². The molecule has 0 saturated carbocycles. The molecule has 1 nitrogen and oxygen atoms in total. The van der Waals surface area contributed by atoms with Crippen LogP contribution >= 0.6 is 11.8 Å². The monoisotopic (exact) mass is 293 g/mol. The van der Waals surface area contributed by atoms with Gasteiger partial charge in [-0.25, -0.2) is 0 Å². The quantitative estimate of drug-likeness (QED) is 0.699. The molecular weight excluding hydrogens is 276 g/mol. The van der Waals surface area contributed by atoms with Crippen LogP contribution in [0, 0.1) is 0 Å². The molecule has 0 fully saturated rings. The van der Waals surface area contributed by atoms with Crippen LogP contribution in [-0.2, 0) is 0 Å². The van der Waals surface area contributed by atoms with Crippen LogP contribution in [0.15, 0.2) is 59.5 Å². The van der Waals surface area contributed by atoms with Crippen LogP contribution in [0.4, 0.5) is 14.5 Å². The zero-order valence-electron chi connectivity index (χ0n) is 11.2. The Kier molecular flexibility index (Phi) is 5.41. The van der Waals surface area contributed by atoms with E-state index in [9.17, 15) is 8.78 Å². The lowest BCUT2D eigenvalue weighted by atomic mass is 10.0. The van der Waals surface area contributed by atoms with Crippen LogP contribution in [0.1, 0.15) is 24.9 Å². The largest absolute Gasteiger partial charge is 0.378 e. The molecule has 1 N–H and O–H groups in total. The Morgan fingerprint density at radius 2 is 1.65 bits per heavy atom. The molecular formula is C16H17F2NS. The molecule has 2 rings (SSSR count). The summed E-state index contributed by atoms with van der Waals surface area (Å²) in [5, 5.41) is 3.43. The third kappa shape index (κ3) is 4.23. The number of alkyl halides is 2. The summed E-state index contributed by atoms with van der Waals surface area (Å²) in [5.74, 6) is -2.37. The number of hydrogen-bond donors (Lipinski definition) is 1. The van der Waals surface area contributed by atoms with Crippen LogP contribution in [0.25, 0.3) is 0 Å². The van der Waals surface area contributed by atoms with E-state index >= 15 is 0 Å². The van der Waals surface area contributed by atoms with Gasteiger partial charge in [-0.05, 0) is 36.2 Å². The van der Waals surface area contributed by atoms with Crippen molar-refractivity contribution in [3.63, 3.8) is 0 Å². The zero-order valence-corrected chi connectivity index (χ0v) is 12.0. The molecule has 0 aliphatic heterocycles. The fraction of sp³-hybridized carbons (Fsp3) is 0.250. The molecule has 0 spiro atoms. The molecule has 4 heteroatoms. The molecule has 0 aliphatic rings. The summed E-state index contributed by atoms with van der Waals surface area (Å²) >= 11 is 0.567. The first-order valence-electron chi connectivity index (χ1n) is 6.55. The van der Waals surface area contributed by atoms with Gasteiger partial charge < -0.3 is 5.32 Å². The molecule has 1 atom stereocenters. The lowest BCUT2D eigenvalue weighted by molar-refractivity contribution is 0.252. The minimum atomic E-state index is -2.37. The van der Waals surface area contributed by atoms with Crippen LogP contribution in [0.2, 0.25) is 0 Å². The number of thioether (sulfide) groups is 1. The zero-order chi connectivity index (χ0) is 14.4. The summed E-state index contributed by atoms with van der Waals surface area (Å²) in [7, 11) is 0. The van der Waals surface area contributed by atoms with E-state index in [0.29, 0.717) is 16.7 Å². The number of halogens is 2. The van der Waals surface area contributed by atoms with E-state index in [1.807, 2.05) is 30.3 Å². The lowest BCUT2D eigenvalue weighted by Gasteiger charge is -2.19. The summed E-state index contributed by atoms with van der Waals surface area (Å²) in [6.45, 7) is 2.12. The van der Waals surface area contributed by atoms with Gasteiger partial charge in [0.05, 0.1) is 6.04 Å². The van der Waals surface area contributed by atoms with Crippen LogP contribution in [0.3, 0.4) is 0 Å². The van der Waals surface area contributed by atoms with Crippen molar-refractivity contribution in [2.45, 2.75) is 30.0 Å². The second-order valence-electron chi connectivity index (χ2n) is 4.42. The van der Waals surface area contributed by atoms with E-state index in [-0.39, 0.29) is 6.04 Å². The Hall–Kier alpha value is -1.55. The summed E-state index contributed by atoms with van der Waals surface area (Å²) in [6, 6.07) is 17.5. The maximum atomic E-state index is 12.3. The van der Waals surface area contributed by atoms with E-state index in [0.717, 1.165) is 12.1 Å². The molecule has 0 aromatic heterocycles. The highest BCUT2D eigenvalue weighted by Crippen LogP contribution is 2.28. The summed E-state index contributed by atoms with van der Waals surface area (Å²) < 4.78 is 24.5. The fourth-order valence-electron chi connectivity index (χ4n) is 2.04. The van der Waals surface area contributed by atoms with Gasteiger partial charge in [0.15, 0.2) is 0 Å². The highest BCUT2D eigenvalue weighted by Gasteiger charge is 2.09. The third-order valence-electron chi connectivity index (χ3n) is 3.03. The Morgan fingerprint density at radius 3 is 2.20 bits per heavy atom. The SMILES string of the molecule is CCC(Nc1ccc(SC(F)F)cc1)c1ccccc1. The standard InChI is InChI=1S/C16H17F2NS/c1-2-15(12-6-4-3-5-7-12)19-13-8-10-14(11-9-13)20-16(17)18/h3-11,15-16,19H,2H2,1H3. The van der Waals surface area contributed by atoms with Crippen LogP contribution in [0.5, 0.6) is 0 Å². The van der Waals surface area contributed by atoms with E-state index in [2.05, 4.69) is 24.4 Å². The molecule has 1 unspecified atom stereocenters. The molecule has 0 bridgehead atoms. The number of benzene rings is 2. The molecule has 2 aromatic rings. The average Bonchev–Trinajstić information content (AvgIpc) is 2.47. The van der Waals surface area contributed by atoms with Crippen molar-refractivity contribution in [2.75, 3.05) is 5.32 Å². The summed E-state index contributed by atoms with van der Waals surface area (Å²) in [5.41, 5.74) is 2.17. The van der Waals surface area contributed by atoms with Gasteiger partial charge in [0.2, 0.25) is 0 Å². The Balaban J connectivity index is 2.05. The van der Waals surface area contributed by atoms with E-state index in [1.54, 1.807) is 12.1 Å². The second kappa shape index (κ2) is 7.29. The number of rotatable bonds is 6. The first-order chi connectivity index (χ1) is 9.69. The van der Waals surface area contributed by atoms with Crippen molar-refractivity contribution < 1.29 is 8.78 Å². The summed E-state index contributed by atoms with van der Waals surface area (Å²) in [6.07, 6.45) is 0.956. The Morgan fingerprint density at radius 1 is 1.00 bits per heavy atom. The van der Waals surface area contributed by atoms with E-state index in [4.69, 9.17) is 0 Å². The predicted molar refractivity (Wildman–Crippen MR) is 81.4 cm³/mol. The number of anilines is 1. The highest BCUT2D eigenvalue weighted by molar-refractivity contribution is 7.99. The molecule has 0 radical (unpaired) electrons. The second-order valence-corrected chi connectivity index (χ2v) is 5.48. The van der Waals surface area contributed by atoms with Gasteiger partial charge in [0.25, 0.3) is 5.76 Å². The van der Waals surface area contributed by atoms with Crippen molar-refractivity contribution in [3.8, 4) is 0 Å². The predicted octanol–water partition coefficient (Wildman–Crippen LogP) is 5.56. The maximum Gasteiger partial charge on any atom is 0.288 e. The van der Waals surface area contributed by atoms with Crippen molar-refractivity contribution in [1.82, 2.24) is 0 Å². The number of hydrogen-bond acceptors (Lipinski definition) is 2. The molecule has 0 saturated heterocycles. The van der Waals surface area contributed by atoms with Crippen molar-refractivity contribution >= 4 is 17.4 Å². The average molecular weight is 293 g/mol. The van der Waals surface area contributed by atoms with Crippen LogP contribution < -0.4 is 5.32 Å². The first-order valence-corrected chi connectivity index (χ1v) is 7.43.